The maximum Gasteiger partial charge on any atom is 0.159 e. The Kier molecular flexibility index (Phi) is 8.75. The first-order valence-electron chi connectivity index (χ1n) is 22.7. The fourth-order valence-corrected chi connectivity index (χ4v) is 10.5. The summed E-state index contributed by atoms with van der Waals surface area (Å²) in [5.41, 5.74) is 16.6. The number of furan rings is 1. The van der Waals surface area contributed by atoms with Gasteiger partial charge in [-0.2, -0.15) is 0 Å². The normalized spacial score (nSPS) is 11.7. The van der Waals surface area contributed by atoms with Crippen LogP contribution in [0.1, 0.15) is 5.56 Å². The second-order valence-corrected chi connectivity index (χ2v) is 17.3. The molecule has 66 heavy (non-hydrogen) atoms. The van der Waals surface area contributed by atoms with Crippen molar-refractivity contribution >= 4 is 82.4 Å². The number of benzene rings is 11. The van der Waals surface area contributed by atoms with E-state index in [1.54, 1.807) is 0 Å². The quantitative estimate of drug-likeness (QED) is 0.159. The second kappa shape index (κ2) is 15.3. The molecule has 0 fully saturated rings. The standard InChI is InChI=1S/C63H42N2O/c1-41-14-10-27-58(62(41)46-32-30-44(31-33-46)51-23-11-17-42-15-2-4-19-49(42)51)65-57-26-8-6-21-53(57)54-39-38-48(40-60(54)65)64(59-28-13-25-56-55-22-7-9-29-61(55)66-63(56)59)47-36-34-45(35-37-47)52-24-12-18-43-16-3-5-20-50(43)52/h2-40H,1H3. The van der Waals surface area contributed by atoms with Gasteiger partial charge in [0.15, 0.2) is 5.58 Å². The Morgan fingerprint density at radius 1 is 0.379 bits per heavy atom. The van der Waals surface area contributed by atoms with Crippen LogP contribution in [0.25, 0.3) is 104 Å². The minimum absolute atomic E-state index is 0.852. The van der Waals surface area contributed by atoms with Gasteiger partial charge in [-0.05, 0) is 110 Å². The predicted octanol–water partition coefficient (Wildman–Crippen LogP) is 17.8. The molecule has 0 aliphatic heterocycles. The van der Waals surface area contributed by atoms with Crippen molar-refractivity contribution in [3.63, 3.8) is 0 Å². The summed E-state index contributed by atoms with van der Waals surface area (Å²) in [5.74, 6) is 0. The average molecular weight is 843 g/mol. The number of fused-ring (bicyclic) bond motifs is 8. The Morgan fingerprint density at radius 2 is 0.909 bits per heavy atom. The Labute approximate surface area is 382 Å². The fraction of sp³-hybridized carbons (Fsp3) is 0.0159. The summed E-state index contributed by atoms with van der Waals surface area (Å²) in [4.78, 5) is 2.36. The summed E-state index contributed by atoms with van der Waals surface area (Å²) in [7, 11) is 0. The van der Waals surface area contributed by atoms with E-state index in [4.69, 9.17) is 4.42 Å². The van der Waals surface area contributed by atoms with E-state index >= 15 is 0 Å². The molecule has 2 heterocycles. The Balaban J connectivity index is 1.00. The van der Waals surface area contributed by atoms with Crippen molar-refractivity contribution in [2.24, 2.45) is 0 Å². The minimum atomic E-state index is 0.852. The molecule has 0 amide bonds. The largest absolute Gasteiger partial charge is 0.454 e. The SMILES string of the molecule is Cc1cccc(-n2c3ccccc3c3ccc(N(c4ccc(-c5cccc6ccccc56)cc4)c4cccc5c4oc4ccccc45)cc32)c1-c1ccc(-c2cccc3ccccc23)cc1. The molecular formula is C63H42N2O. The molecule has 0 bridgehead atoms. The zero-order valence-corrected chi connectivity index (χ0v) is 36.3. The number of aromatic nitrogens is 1. The number of para-hydroxylation sites is 3. The lowest BCUT2D eigenvalue weighted by molar-refractivity contribution is 0.669. The molecule has 0 aliphatic carbocycles. The first kappa shape index (κ1) is 37.9. The summed E-state index contributed by atoms with van der Waals surface area (Å²) < 4.78 is 9.24. The van der Waals surface area contributed by atoms with Gasteiger partial charge in [-0.25, -0.2) is 0 Å². The monoisotopic (exact) mass is 842 g/mol. The van der Waals surface area contributed by atoms with E-state index in [1.165, 1.54) is 71.3 Å². The van der Waals surface area contributed by atoms with Crippen molar-refractivity contribution in [3.05, 3.63) is 242 Å². The van der Waals surface area contributed by atoms with Crippen LogP contribution in [-0.4, -0.2) is 4.57 Å². The van der Waals surface area contributed by atoms with Gasteiger partial charge in [-0.15, -0.1) is 0 Å². The Bertz CT molecular complexity index is 3990. The summed E-state index contributed by atoms with van der Waals surface area (Å²) in [6.07, 6.45) is 0. The van der Waals surface area contributed by atoms with Crippen LogP contribution in [0.5, 0.6) is 0 Å². The highest BCUT2D eigenvalue weighted by molar-refractivity contribution is 6.13. The Hall–Kier alpha value is -8.66. The number of anilines is 3. The maximum absolute atomic E-state index is 6.77. The van der Waals surface area contributed by atoms with Crippen molar-refractivity contribution in [2.45, 2.75) is 6.92 Å². The predicted molar refractivity (Wildman–Crippen MR) is 279 cm³/mol. The highest BCUT2D eigenvalue weighted by Crippen LogP contribution is 2.46. The third-order valence-corrected chi connectivity index (χ3v) is 13.5. The average Bonchev–Trinajstić information content (AvgIpc) is 3.92. The zero-order valence-electron chi connectivity index (χ0n) is 36.3. The molecule has 13 rings (SSSR count). The number of hydrogen-bond acceptors (Lipinski definition) is 2. The smallest absolute Gasteiger partial charge is 0.159 e. The zero-order chi connectivity index (χ0) is 43.7. The van der Waals surface area contributed by atoms with E-state index in [0.717, 1.165) is 55.7 Å². The first-order chi connectivity index (χ1) is 32.7. The van der Waals surface area contributed by atoms with Crippen molar-refractivity contribution < 1.29 is 4.42 Å². The highest BCUT2D eigenvalue weighted by atomic mass is 16.3. The summed E-state index contributed by atoms with van der Waals surface area (Å²) in [6.45, 7) is 2.23. The fourth-order valence-electron chi connectivity index (χ4n) is 10.5. The van der Waals surface area contributed by atoms with Crippen LogP contribution in [0.15, 0.2) is 241 Å². The molecule has 0 atom stereocenters. The lowest BCUT2D eigenvalue weighted by Crippen LogP contribution is -2.10. The second-order valence-electron chi connectivity index (χ2n) is 17.3. The molecule has 0 saturated heterocycles. The summed E-state index contributed by atoms with van der Waals surface area (Å²) in [6, 6.07) is 85.8. The van der Waals surface area contributed by atoms with Gasteiger partial charge in [0.2, 0.25) is 0 Å². The van der Waals surface area contributed by atoms with Crippen molar-refractivity contribution in [2.75, 3.05) is 4.90 Å². The molecule has 0 saturated carbocycles. The molecule has 3 heteroatoms. The molecule has 0 N–H and O–H groups in total. The molecule has 11 aromatic carbocycles. The van der Waals surface area contributed by atoms with Crippen LogP contribution in [0.4, 0.5) is 17.1 Å². The molecule has 3 nitrogen and oxygen atoms in total. The number of aryl methyl sites for hydroxylation is 1. The van der Waals surface area contributed by atoms with Crippen molar-refractivity contribution in [1.29, 1.82) is 0 Å². The number of nitrogens with zero attached hydrogens (tertiary/aromatic N) is 2. The molecule has 0 radical (unpaired) electrons. The molecule has 0 spiro atoms. The van der Waals surface area contributed by atoms with Gasteiger partial charge in [-0.1, -0.05) is 188 Å². The first-order valence-corrected chi connectivity index (χ1v) is 22.7. The van der Waals surface area contributed by atoms with Crippen LogP contribution in [-0.2, 0) is 0 Å². The van der Waals surface area contributed by atoms with Crippen LogP contribution in [0, 0.1) is 6.92 Å². The maximum atomic E-state index is 6.77. The van der Waals surface area contributed by atoms with Crippen LogP contribution in [0.2, 0.25) is 0 Å². The molecular weight excluding hydrogens is 801 g/mol. The lowest BCUT2D eigenvalue weighted by atomic mass is 9.94. The molecule has 2 aromatic heterocycles. The van der Waals surface area contributed by atoms with Gasteiger partial charge >= 0.3 is 0 Å². The van der Waals surface area contributed by atoms with Gasteiger partial charge in [0.1, 0.15) is 5.58 Å². The third-order valence-electron chi connectivity index (χ3n) is 13.5. The van der Waals surface area contributed by atoms with E-state index < -0.39 is 0 Å². The van der Waals surface area contributed by atoms with Crippen LogP contribution >= 0.6 is 0 Å². The Morgan fingerprint density at radius 3 is 1.64 bits per heavy atom. The van der Waals surface area contributed by atoms with E-state index in [2.05, 4.69) is 247 Å². The van der Waals surface area contributed by atoms with Crippen LogP contribution in [0.3, 0.4) is 0 Å². The number of rotatable bonds is 7. The van der Waals surface area contributed by atoms with Gasteiger partial charge in [0.25, 0.3) is 0 Å². The summed E-state index contributed by atoms with van der Waals surface area (Å²) in [5, 5.41) is 9.58. The van der Waals surface area contributed by atoms with Gasteiger partial charge in [0.05, 0.1) is 22.4 Å². The van der Waals surface area contributed by atoms with Crippen molar-refractivity contribution in [1.82, 2.24) is 4.57 Å². The van der Waals surface area contributed by atoms with E-state index in [-0.39, 0.29) is 0 Å². The van der Waals surface area contributed by atoms with Crippen molar-refractivity contribution in [3.8, 4) is 39.1 Å². The van der Waals surface area contributed by atoms with E-state index in [0.29, 0.717) is 0 Å². The highest BCUT2D eigenvalue weighted by Gasteiger charge is 2.23. The third kappa shape index (κ3) is 6.05. The lowest BCUT2D eigenvalue weighted by Gasteiger charge is -2.26. The number of hydrogen-bond donors (Lipinski definition) is 0. The summed E-state index contributed by atoms with van der Waals surface area (Å²) >= 11 is 0. The van der Waals surface area contributed by atoms with E-state index in [9.17, 15) is 0 Å². The van der Waals surface area contributed by atoms with Gasteiger partial charge in [-0.3, -0.25) is 0 Å². The molecule has 0 unspecified atom stereocenters. The van der Waals surface area contributed by atoms with Gasteiger partial charge in [0, 0.05) is 38.5 Å². The van der Waals surface area contributed by atoms with Gasteiger partial charge < -0.3 is 13.9 Å². The molecule has 0 aliphatic rings. The molecule has 13 aromatic rings. The van der Waals surface area contributed by atoms with Crippen LogP contribution < -0.4 is 4.90 Å². The molecule has 310 valence electrons. The topological polar surface area (TPSA) is 21.3 Å². The minimum Gasteiger partial charge on any atom is -0.454 e. The van der Waals surface area contributed by atoms with E-state index in [1.807, 2.05) is 6.07 Å².